The number of nitrogens with zero attached hydrogens (tertiary/aromatic N) is 3. The molecule has 0 saturated heterocycles. The zero-order chi connectivity index (χ0) is 23.8. The maximum Gasteiger partial charge on any atom is 0.269 e. The van der Waals surface area contributed by atoms with Gasteiger partial charge in [0.05, 0.1) is 23.1 Å². The lowest BCUT2D eigenvalue weighted by atomic mass is 10.2. The Morgan fingerprint density at radius 3 is 2.21 bits per heavy atom. The van der Waals surface area contributed by atoms with Gasteiger partial charge in [0.1, 0.15) is 18.0 Å². The van der Waals surface area contributed by atoms with E-state index < -0.39 is 27.4 Å². The number of sulfonamides is 1. The van der Waals surface area contributed by atoms with Gasteiger partial charge < -0.3 is 4.74 Å². The molecule has 11 heteroatoms. The van der Waals surface area contributed by atoms with E-state index in [1.54, 1.807) is 24.3 Å². The summed E-state index contributed by atoms with van der Waals surface area (Å²) in [6, 6.07) is 20.9. The molecular formula is C22H20N4O6S. The molecule has 0 aliphatic rings. The molecule has 170 valence electrons. The molecule has 0 atom stereocenters. The van der Waals surface area contributed by atoms with Crippen LogP contribution in [0.3, 0.4) is 0 Å². The van der Waals surface area contributed by atoms with Crippen molar-refractivity contribution in [2.75, 3.05) is 17.1 Å². The number of nitrogens with one attached hydrogen (secondary N) is 1. The number of non-ortho nitro benzene ring substituents is 1. The second kappa shape index (κ2) is 10.4. The van der Waals surface area contributed by atoms with Crippen molar-refractivity contribution >= 4 is 33.5 Å². The Morgan fingerprint density at radius 1 is 1.03 bits per heavy atom. The van der Waals surface area contributed by atoms with Crippen LogP contribution in [-0.4, -0.2) is 38.3 Å². The quantitative estimate of drug-likeness (QED) is 0.291. The number of hydrazone groups is 1. The molecule has 0 unspecified atom stereocenters. The number of para-hydroxylation sites is 1. The average Bonchev–Trinajstić information content (AvgIpc) is 2.78. The number of nitro benzene ring substituents is 1. The highest BCUT2D eigenvalue weighted by atomic mass is 32.2. The van der Waals surface area contributed by atoms with Crippen molar-refractivity contribution in [3.63, 3.8) is 0 Å². The summed E-state index contributed by atoms with van der Waals surface area (Å²) in [4.78, 5) is 22.4. The summed E-state index contributed by atoms with van der Waals surface area (Å²) in [5.74, 6) is 0.481. The second-order valence-corrected chi connectivity index (χ2v) is 8.73. The Labute approximate surface area is 190 Å². The molecule has 0 aromatic heterocycles. The van der Waals surface area contributed by atoms with Gasteiger partial charge in [-0.25, -0.2) is 13.8 Å². The summed E-state index contributed by atoms with van der Waals surface area (Å²) in [5, 5.41) is 14.4. The van der Waals surface area contributed by atoms with E-state index in [0.717, 1.165) is 10.6 Å². The molecular weight excluding hydrogens is 448 g/mol. The van der Waals surface area contributed by atoms with Crippen molar-refractivity contribution in [3.05, 3.63) is 94.5 Å². The highest BCUT2D eigenvalue weighted by Crippen LogP contribution is 2.25. The van der Waals surface area contributed by atoms with Crippen LogP contribution in [0.2, 0.25) is 0 Å². The van der Waals surface area contributed by atoms with E-state index >= 15 is 0 Å². The van der Waals surface area contributed by atoms with Gasteiger partial charge in [-0.3, -0.25) is 19.2 Å². The molecule has 0 saturated carbocycles. The van der Waals surface area contributed by atoms with Crippen LogP contribution in [0.1, 0.15) is 5.56 Å². The lowest BCUT2D eigenvalue weighted by molar-refractivity contribution is -0.384. The lowest BCUT2D eigenvalue weighted by Gasteiger charge is -2.21. The van der Waals surface area contributed by atoms with Crippen LogP contribution in [0, 0.1) is 10.1 Å². The van der Waals surface area contributed by atoms with Gasteiger partial charge in [-0.05, 0) is 54.1 Å². The number of ether oxygens (including phenoxy) is 1. The minimum atomic E-state index is -3.76. The average molecular weight is 468 g/mol. The highest BCUT2D eigenvalue weighted by Gasteiger charge is 2.20. The zero-order valence-electron chi connectivity index (χ0n) is 17.5. The summed E-state index contributed by atoms with van der Waals surface area (Å²) >= 11 is 0. The monoisotopic (exact) mass is 468 g/mol. The van der Waals surface area contributed by atoms with Gasteiger partial charge in [0.15, 0.2) is 0 Å². The Morgan fingerprint density at radius 2 is 1.64 bits per heavy atom. The van der Waals surface area contributed by atoms with Gasteiger partial charge in [0, 0.05) is 12.1 Å². The third-order valence-corrected chi connectivity index (χ3v) is 5.44. The predicted molar refractivity (Wildman–Crippen MR) is 124 cm³/mol. The van der Waals surface area contributed by atoms with Gasteiger partial charge in [-0.1, -0.05) is 18.2 Å². The van der Waals surface area contributed by atoms with Crippen molar-refractivity contribution in [1.82, 2.24) is 5.43 Å². The summed E-state index contributed by atoms with van der Waals surface area (Å²) in [5.41, 5.74) is 2.99. The Hall–Kier alpha value is -4.25. The van der Waals surface area contributed by atoms with Crippen molar-refractivity contribution < 1.29 is 22.9 Å². The molecule has 3 rings (SSSR count). The molecule has 1 amide bonds. The predicted octanol–water partition coefficient (Wildman–Crippen LogP) is 3.30. The summed E-state index contributed by atoms with van der Waals surface area (Å²) in [6.45, 7) is -0.491. The van der Waals surface area contributed by atoms with Gasteiger partial charge in [-0.2, -0.15) is 5.10 Å². The number of carbonyl (C=O) groups excluding carboxylic acids is 1. The second-order valence-electron chi connectivity index (χ2n) is 6.82. The molecule has 0 spiro atoms. The van der Waals surface area contributed by atoms with Crippen molar-refractivity contribution in [2.24, 2.45) is 5.10 Å². The molecule has 0 bridgehead atoms. The number of nitro groups is 1. The fourth-order valence-electron chi connectivity index (χ4n) is 2.73. The first-order chi connectivity index (χ1) is 15.7. The number of benzene rings is 3. The molecule has 1 N–H and O–H groups in total. The van der Waals surface area contributed by atoms with E-state index in [9.17, 15) is 23.3 Å². The molecule has 0 fully saturated rings. The van der Waals surface area contributed by atoms with Crippen LogP contribution in [0.4, 0.5) is 11.4 Å². The largest absolute Gasteiger partial charge is 0.457 e. The van der Waals surface area contributed by atoms with Crippen LogP contribution in [0.15, 0.2) is 84.0 Å². The molecule has 0 aliphatic carbocycles. The third kappa shape index (κ3) is 6.87. The van der Waals surface area contributed by atoms with E-state index in [4.69, 9.17) is 4.74 Å². The van der Waals surface area contributed by atoms with Crippen LogP contribution in [-0.2, 0) is 14.8 Å². The number of anilines is 1. The Bertz CT molecular complexity index is 1240. The van der Waals surface area contributed by atoms with Crippen molar-refractivity contribution in [3.8, 4) is 11.5 Å². The van der Waals surface area contributed by atoms with Crippen molar-refractivity contribution in [2.45, 2.75) is 0 Å². The SMILES string of the molecule is CS(=O)(=O)N(CC(=O)N/N=C/c1ccc([N+](=O)[O-])cc1)c1ccc(Oc2ccccc2)cc1. The number of rotatable bonds is 9. The molecule has 3 aromatic rings. The minimum Gasteiger partial charge on any atom is -0.457 e. The molecule has 0 heterocycles. The van der Waals surface area contributed by atoms with Gasteiger partial charge in [-0.15, -0.1) is 0 Å². The molecule has 0 radical (unpaired) electrons. The number of hydrogen-bond donors (Lipinski definition) is 1. The van der Waals surface area contributed by atoms with Crippen LogP contribution in [0.25, 0.3) is 0 Å². The summed E-state index contributed by atoms with van der Waals surface area (Å²) < 4.78 is 31.1. The first-order valence-electron chi connectivity index (χ1n) is 9.59. The van der Waals surface area contributed by atoms with Crippen LogP contribution >= 0.6 is 0 Å². The number of carbonyl (C=O) groups is 1. The van der Waals surface area contributed by atoms with E-state index in [-0.39, 0.29) is 11.4 Å². The smallest absolute Gasteiger partial charge is 0.269 e. The fourth-order valence-corrected chi connectivity index (χ4v) is 3.59. The van der Waals surface area contributed by atoms with Crippen LogP contribution in [0.5, 0.6) is 11.5 Å². The van der Waals surface area contributed by atoms with E-state index in [1.807, 2.05) is 18.2 Å². The fraction of sp³-hybridized carbons (Fsp3) is 0.0909. The lowest BCUT2D eigenvalue weighted by Crippen LogP contribution is -2.38. The maximum atomic E-state index is 12.3. The van der Waals surface area contributed by atoms with Gasteiger partial charge in [0.25, 0.3) is 11.6 Å². The number of hydrogen-bond acceptors (Lipinski definition) is 7. The minimum absolute atomic E-state index is 0.0693. The van der Waals surface area contributed by atoms with E-state index in [2.05, 4.69) is 10.5 Å². The first kappa shape index (κ1) is 23.4. The van der Waals surface area contributed by atoms with E-state index in [0.29, 0.717) is 17.1 Å². The van der Waals surface area contributed by atoms with E-state index in [1.165, 1.54) is 42.6 Å². The Balaban J connectivity index is 1.64. The van der Waals surface area contributed by atoms with Crippen LogP contribution < -0.4 is 14.5 Å². The van der Waals surface area contributed by atoms with Crippen molar-refractivity contribution in [1.29, 1.82) is 0 Å². The topological polar surface area (TPSA) is 131 Å². The number of amides is 1. The standard InChI is InChI=1S/C22H20N4O6S/c1-33(30,31)25(18-11-13-21(14-12-18)32-20-5-3-2-4-6-20)16-22(27)24-23-15-17-7-9-19(10-8-17)26(28)29/h2-15H,16H2,1H3,(H,24,27)/b23-15+. The first-order valence-corrected chi connectivity index (χ1v) is 11.4. The highest BCUT2D eigenvalue weighted by molar-refractivity contribution is 7.92. The maximum absolute atomic E-state index is 12.3. The molecule has 3 aromatic carbocycles. The molecule has 0 aliphatic heterocycles. The van der Waals surface area contributed by atoms with Gasteiger partial charge in [0.2, 0.25) is 10.0 Å². The van der Waals surface area contributed by atoms with Gasteiger partial charge >= 0.3 is 0 Å². The molecule has 33 heavy (non-hydrogen) atoms. The summed E-state index contributed by atoms with van der Waals surface area (Å²) in [6.07, 6.45) is 2.29. The Kier molecular flexibility index (Phi) is 7.36. The zero-order valence-corrected chi connectivity index (χ0v) is 18.3. The molecule has 10 nitrogen and oxygen atoms in total. The summed E-state index contributed by atoms with van der Waals surface area (Å²) in [7, 11) is -3.76. The third-order valence-electron chi connectivity index (χ3n) is 4.30. The normalized spacial score (nSPS) is 11.2.